The van der Waals surface area contributed by atoms with Crippen molar-refractivity contribution in [2.24, 2.45) is 5.41 Å². The molecule has 82 valence electrons. The molecule has 0 heterocycles. The van der Waals surface area contributed by atoms with E-state index >= 15 is 0 Å². The van der Waals surface area contributed by atoms with Gasteiger partial charge in [0.25, 0.3) is 0 Å². The highest BCUT2D eigenvalue weighted by molar-refractivity contribution is 5.76. The van der Waals surface area contributed by atoms with Crippen molar-refractivity contribution in [1.82, 2.24) is 5.32 Å². The lowest BCUT2D eigenvalue weighted by Crippen LogP contribution is -2.61. The molecule has 1 aliphatic carbocycles. The summed E-state index contributed by atoms with van der Waals surface area (Å²) in [5.74, 6) is 0.122. The molecule has 0 spiro atoms. The first kappa shape index (κ1) is 11.5. The summed E-state index contributed by atoms with van der Waals surface area (Å²) in [6.07, 6.45) is 3.04. The van der Waals surface area contributed by atoms with Crippen molar-refractivity contribution in [3.63, 3.8) is 0 Å². The Kier molecular flexibility index (Phi) is 3.53. The van der Waals surface area contributed by atoms with E-state index in [-0.39, 0.29) is 23.5 Å². The van der Waals surface area contributed by atoms with E-state index in [2.05, 4.69) is 12.2 Å². The molecule has 1 saturated carbocycles. The summed E-state index contributed by atoms with van der Waals surface area (Å²) >= 11 is 0. The average Bonchev–Trinajstić information content (AvgIpc) is 2.14. The van der Waals surface area contributed by atoms with Gasteiger partial charge in [-0.3, -0.25) is 4.79 Å². The van der Waals surface area contributed by atoms with Gasteiger partial charge < -0.3 is 10.4 Å². The molecule has 2 unspecified atom stereocenters. The van der Waals surface area contributed by atoms with Gasteiger partial charge in [0.05, 0.1) is 6.10 Å². The molecule has 0 bridgehead atoms. The van der Waals surface area contributed by atoms with Crippen molar-refractivity contribution in [3.8, 4) is 0 Å². The van der Waals surface area contributed by atoms with Crippen LogP contribution in [0.25, 0.3) is 0 Å². The second-order valence-electron chi connectivity index (χ2n) is 4.80. The van der Waals surface area contributed by atoms with Gasteiger partial charge in [0.1, 0.15) is 0 Å². The number of hydrogen-bond donors (Lipinski definition) is 2. The SMILES string of the molecule is CCCCC(=O)NC1CC(O)C1(C)C. The minimum atomic E-state index is -0.265. The molecule has 1 fully saturated rings. The highest BCUT2D eigenvalue weighted by Gasteiger charge is 2.47. The minimum Gasteiger partial charge on any atom is -0.392 e. The van der Waals surface area contributed by atoms with E-state index in [0.29, 0.717) is 12.8 Å². The molecule has 1 rings (SSSR count). The molecule has 3 heteroatoms. The Morgan fingerprint density at radius 1 is 1.57 bits per heavy atom. The molecule has 1 aliphatic rings. The minimum absolute atomic E-state index is 0.122. The molecule has 3 nitrogen and oxygen atoms in total. The number of hydrogen-bond acceptors (Lipinski definition) is 2. The van der Waals surface area contributed by atoms with Crippen LogP contribution in [0.1, 0.15) is 46.5 Å². The number of unbranched alkanes of at least 4 members (excludes halogenated alkanes) is 1. The van der Waals surface area contributed by atoms with E-state index in [0.717, 1.165) is 12.8 Å². The number of carbonyl (C=O) groups is 1. The smallest absolute Gasteiger partial charge is 0.220 e. The zero-order valence-electron chi connectivity index (χ0n) is 9.34. The van der Waals surface area contributed by atoms with Crippen LogP contribution >= 0.6 is 0 Å². The number of amides is 1. The highest BCUT2D eigenvalue weighted by atomic mass is 16.3. The first-order valence-corrected chi connectivity index (χ1v) is 5.46. The highest BCUT2D eigenvalue weighted by Crippen LogP contribution is 2.40. The lowest BCUT2D eigenvalue weighted by Gasteiger charge is -2.49. The maximum absolute atomic E-state index is 11.4. The van der Waals surface area contributed by atoms with Crippen LogP contribution in [0.3, 0.4) is 0 Å². The third kappa shape index (κ3) is 2.27. The summed E-state index contributed by atoms with van der Waals surface area (Å²) in [5.41, 5.74) is -0.151. The van der Waals surface area contributed by atoms with Gasteiger partial charge in [0, 0.05) is 17.9 Å². The van der Waals surface area contributed by atoms with Gasteiger partial charge in [-0.25, -0.2) is 0 Å². The summed E-state index contributed by atoms with van der Waals surface area (Å²) in [6, 6.07) is 0.154. The topological polar surface area (TPSA) is 49.3 Å². The van der Waals surface area contributed by atoms with Crippen LogP contribution in [0, 0.1) is 5.41 Å². The molecular formula is C11H21NO2. The molecule has 14 heavy (non-hydrogen) atoms. The summed E-state index contributed by atoms with van der Waals surface area (Å²) < 4.78 is 0. The van der Waals surface area contributed by atoms with Crippen LogP contribution in [0.2, 0.25) is 0 Å². The largest absolute Gasteiger partial charge is 0.392 e. The second kappa shape index (κ2) is 4.30. The fourth-order valence-corrected chi connectivity index (χ4v) is 1.75. The first-order valence-electron chi connectivity index (χ1n) is 5.46. The summed E-state index contributed by atoms with van der Waals surface area (Å²) in [7, 11) is 0. The molecule has 0 aromatic rings. The molecule has 2 atom stereocenters. The van der Waals surface area contributed by atoms with Gasteiger partial charge in [-0.05, 0) is 12.8 Å². The zero-order valence-corrected chi connectivity index (χ0v) is 9.34. The lowest BCUT2D eigenvalue weighted by molar-refractivity contribution is -0.129. The van der Waals surface area contributed by atoms with Gasteiger partial charge in [-0.2, -0.15) is 0 Å². The van der Waals surface area contributed by atoms with Crippen molar-refractivity contribution < 1.29 is 9.90 Å². The van der Waals surface area contributed by atoms with Crippen LogP contribution < -0.4 is 5.32 Å². The van der Waals surface area contributed by atoms with E-state index in [4.69, 9.17) is 0 Å². The quantitative estimate of drug-likeness (QED) is 0.720. The van der Waals surface area contributed by atoms with Crippen molar-refractivity contribution >= 4 is 5.91 Å². The van der Waals surface area contributed by atoms with E-state index in [9.17, 15) is 9.90 Å². The van der Waals surface area contributed by atoms with Gasteiger partial charge >= 0.3 is 0 Å². The molecule has 0 saturated heterocycles. The Balaban J connectivity index is 2.29. The Bertz CT molecular complexity index is 213. The summed E-state index contributed by atoms with van der Waals surface area (Å²) in [4.78, 5) is 11.4. The van der Waals surface area contributed by atoms with Gasteiger partial charge in [0.15, 0.2) is 0 Å². The van der Waals surface area contributed by atoms with Crippen molar-refractivity contribution in [3.05, 3.63) is 0 Å². The van der Waals surface area contributed by atoms with Gasteiger partial charge in [-0.1, -0.05) is 27.2 Å². The van der Waals surface area contributed by atoms with Crippen LogP contribution in [-0.2, 0) is 4.79 Å². The molecule has 1 amide bonds. The van der Waals surface area contributed by atoms with Crippen molar-refractivity contribution in [2.45, 2.75) is 58.6 Å². The van der Waals surface area contributed by atoms with Gasteiger partial charge in [-0.15, -0.1) is 0 Å². The van der Waals surface area contributed by atoms with Crippen LogP contribution in [-0.4, -0.2) is 23.2 Å². The van der Waals surface area contributed by atoms with Crippen LogP contribution in [0.5, 0.6) is 0 Å². The van der Waals surface area contributed by atoms with Crippen molar-refractivity contribution in [2.75, 3.05) is 0 Å². The average molecular weight is 199 g/mol. The van der Waals surface area contributed by atoms with E-state index < -0.39 is 0 Å². The third-order valence-corrected chi connectivity index (χ3v) is 3.31. The van der Waals surface area contributed by atoms with Crippen molar-refractivity contribution in [1.29, 1.82) is 0 Å². The predicted molar refractivity (Wildman–Crippen MR) is 55.9 cm³/mol. The summed E-state index contributed by atoms with van der Waals surface area (Å²) in [6.45, 7) is 6.06. The van der Waals surface area contributed by atoms with E-state index in [1.807, 2.05) is 13.8 Å². The molecule has 2 N–H and O–H groups in total. The second-order valence-corrected chi connectivity index (χ2v) is 4.80. The molecular weight excluding hydrogens is 178 g/mol. The summed E-state index contributed by atoms with van der Waals surface area (Å²) in [5, 5.41) is 12.5. The standard InChI is InChI=1S/C11H21NO2/c1-4-5-6-10(14)12-8-7-9(13)11(8,2)3/h8-9,13H,4-7H2,1-3H3,(H,12,14). The predicted octanol–water partition coefficient (Wildman–Crippen LogP) is 1.45. The number of aliphatic hydroxyl groups is 1. The Labute approximate surface area is 85.9 Å². The molecule has 0 aromatic carbocycles. The van der Waals surface area contributed by atoms with E-state index in [1.165, 1.54) is 0 Å². The maximum Gasteiger partial charge on any atom is 0.220 e. The Hall–Kier alpha value is -0.570. The Morgan fingerprint density at radius 3 is 2.64 bits per heavy atom. The van der Waals surface area contributed by atoms with Crippen LogP contribution in [0.15, 0.2) is 0 Å². The fourth-order valence-electron chi connectivity index (χ4n) is 1.75. The first-order chi connectivity index (χ1) is 6.48. The number of nitrogens with one attached hydrogen (secondary N) is 1. The number of rotatable bonds is 4. The molecule has 0 radical (unpaired) electrons. The lowest BCUT2D eigenvalue weighted by atomic mass is 9.64. The third-order valence-electron chi connectivity index (χ3n) is 3.31. The van der Waals surface area contributed by atoms with Crippen LogP contribution in [0.4, 0.5) is 0 Å². The fraction of sp³-hybridized carbons (Fsp3) is 0.909. The van der Waals surface area contributed by atoms with E-state index in [1.54, 1.807) is 0 Å². The maximum atomic E-state index is 11.4. The molecule has 0 aromatic heterocycles. The zero-order chi connectivity index (χ0) is 10.8. The molecule has 0 aliphatic heterocycles. The Morgan fingerprint density at radius 2 is 2.21 bits per heavy atom. The van der Waals surface area contributed by atoms with Gasteiger partial charge in [0.2, 0.25) is 5.91 Å². The monoisotopic (exact) mass is 199 g/mol. The number of aliphatic hydroxyl groups excluding tert-OH is 1. The normalized spacial score (nSPS) is 29.4. The number of carbonyl (C=O) groups excluding carboxylic acids is 1.